The minimum Gasteiger partial charge on any atom is -0.335 e. The van der Waals surface area contributed by atoms with Crippen LogP contribution in [-0.2, 0) is 17.8 Å². The molecule has 0 fully saturated rings. The van der Waals surface area contributed by atoms with Gasteiger partial charge in [-0.05, 0) is 25.0 Å². The molecule has 0 saturated carbocycles. The maximum atomic E-state index is 12.6. The second-order valence-electron chi connectivity index (χ2n) is 5.56. The summed E-state index contributed by atoms with van der Waals surface area (Å²) in [7, 11) is 1.71. The van der Waals surface area contributed by atoms with E-state index in [-0.39, 0.29) is 23.7 Å². The van der Waals surface area contributed by atoms with Crippen molar-refractivity contribution in [3.8, 4) is 0 Å². The maximum Gasteiger partial charge on any atom is 0.267 e. The van der Waals surface area contributed by atoms with Crippen LogP contribution in [0.15, 0.2) is 39.9 Å². The molecule has 7 heteroatoms. The van der Waals surface area contributed by atoms with Gasteiger partial charge in [-0.25, -0.2) is 4.98 Å². The lowest BCUT2D eigenvalue weighted by molar-refractivity contribution is -0.118. The standard InChI is InChI=1S/C17H18N4O3/c1-4-12-7-5-6-8-13(12)20(3)14(22)9-21-10-18-16-15(17(21)23)11(2)19-24-16/h5-8,10H,4,9H2,1-3H3. The third-order valence-electron chi connectivity index (χ3n) is 4.05. The number of carbonyl (C=O) groups is 1. The van der Waals surface area contributed by atoms with Crippen molar-refractivity contribution < 1.29 is 9.32 Å². The fourth-order valence-corrected chi connectivity index (χ4v) is 2.65. The molecule has 0 unspecified atom stereocenters. The number of rotatable bonds is 4. The highest BCUT2D eigenvalue weighted by atomic mass is 16.5. The zero-order valence-corrected chi connectivity index (χ0v) is 13.8. The SMILES string of the molecule is CCc1ccccc1N(C)C(=O)Cn1cnc2onc(C)c2c1=O. The summed E-state index contributed by atoms with van der Waals surface area (Å²) >= 11 is 0. The molecule has 124 valence electrons. The number of hydrogen-bond donors (Lipinski definition) is 0. The largest absolute Gasteiger partial charge is 0.335 e. The van der Waals surface area contributed by atoms with Gasteiger partial charge in [0.15, 0.2) is 0 Å². The number of para-hydroxylation sites is 1. The number of nitrogens with zero attached hydrogens (tertiary/aromatic N) is 4. The minimum atomic E-state index is -0.329. The van der Waals surface area contributed by atoms with Crippen LogP contribution in [0, 0.1) is 6.92 Å². The quantitative estimate of drug-likeness (QED) is 0.731. The Morgan fingerprint density at radius 2 is 2.08 bits per heavy atom. The molecule has 0 aliphatic rings. The van der Waals surface area contributed by atoms with E-state index in [9.17, 15) is 9.59 Å². The van der Waals surface area contributed by atoms with E-state index in [1.54, 1.807) is 18.9 Å². The number of amides is 1. The summed E-state index contributed by atoms with van der Waals surface area (Å²) in [5.41, 5.74) is 2.24. The lowest BCUT2D eigenvalue weighted by atomic mass is 10.1. The average molecular weight is 326 g/mol. The Balaban J connectivity index is 1.91. The second kappa shape index (κ2) is 6.27. The summed E-state index contributed by atoms with van der Waals surface area (Å²) < 4.78 is 6.24. The van der Waals surface area contributed by atoms with Crippen LogP contribution in [-0.4, -0.2) is 27.7 Å². The Labute approximate surface area is 138 Å². The molecule has 2 aromatic heterocycles. The molecule has 1 amide bonds. The molecule has 0 spiro atoms. The van der Waals surface area contributed by atoms with Gasteiger partial charge in [-0.2, -0.15) is 0 Å². The van der Waals surface area contributed by atoms with Crippen molar-refractivity contribution in [2.45, 2.75) is 26.8 Å². The molecule has 3 aromatic rings. The van der Waals surface area contributed by atoms with Crippen LogP contribution in [0.3, 0.4) is 0 Å². The fourth-order valence-electron chi connectivity index (χ4n) is 2.65. The van der Waals surface area contributed by atoms with Gasteiger partial charge in [-0.3, -0.25) is 14.2 Å². The number of likely N-dealkylation sites (N-methyl/N-ethyl adjacent to an activating group) is 1. The number of carbonyl (C=O) groups excluding carboxylic acids is 1. The molecule has 2 heterocycles. The number of hydrogen-bond acceptors (Lipinski definition) is 5. The van der Waals surface area contributed by atoms with Gasteiger partial charge in [-0.15, -0.1) is 0 Å². The zero-order chi connectivity index (χ0) is 17.3. The highest BCUT2D eigenvalue weighted by Crippen LogP contribution is 2.20. The van der Waals surface area contributed by atoms with Crippen LogP contribution in [0.25, 0.3) is 11.1 Å². The third-order valence-corrected chi connectivity index (χ3v) is 4.05. The van der Waals surface area contributed by atoms with Gasteiger partial charge < -0.3 is 9.42 Å². The van der Waals surface area contributed by atoms with E-state index in [0.29, 0.717) is 11.1 Å². The van der Waals surface area contributed by atoms with E-state index in [1.807, 2.05) is 31.2 Å². The molecule has 0 saturated heterocycles. The molecule has 1 aromatic carbocycles. The first kappa shape index (κ1) is 15.9. The second-order valence-corrected chi connectivity index (χ2v) is 5.56. The van der Waals surface area contributed by atoms with Crippen molar-refractivity contribution in [2.75, 3.05) is 11.9 Å². The van der Waals surface area contributed by atoms with Gasteiger partial charge in [0.05, 0.1) is 5.69 Å². The monoisotopic (exact) mass is 326 g/mol. The molecule has 0 N–H and O–H groups in total. The van der Waals surface area contributed by atoms with Crippen molar-refractivity contribution in [2.24, 2.45) is 0 Å². The van der Waals surface area contributed by atoms with Crippen LogP contribution < -0.4 is 10.5 Å². The highest BCUT2D eigenvalue weighted by molar-refractivity contribution is 5.93. The molecule has 3 rings (SSSR count). The van der Waals surface area contributed by atoms with Crippen LogP contribution in [0.2, 0.25) is 0 Å². The molecule has 7 nitrogen and oxygen atoms in total. The Kier molecular flexibility index (Phi) is 4.16. The lowest BCUT2D eigenvalue weighted by Crippen LogP contribution is -2.34. The first-order valence-electron chi connectivity index (χ1n) is 7.68. The summed E-state index contributed by atoms with van der Waals surface area (Å²) in [5, 5.41) is 4.04. The summed E-state index contributed by atoms with van der Waals surface area (Å²) in [6.07, 6.45) is 2.13. The third kappa shape index (κ3) is 2.68. The predicted molar refractivity (Wildman–Crippen MR) is 90.0 cm³/mol. The molecule has 0 aliphatic heterocycles. The highest BCUT2D eigenvalue weighted by Gasteiger charge is 2.17. The number of benzene rings is 1. The summed E-state index contributed by atoms with van der Waals surface area (Å²) in [5.74, 6) is -0.201. The Hall–Kier alpha value is -2.96. The van der Waals surface area contributed by atoms with Crippen molar-refractivity contribution in [3.63, 3.8) is 0 Å². The van der Waals surface area contributed by atoms with Crippen LogP contribution in [0.4, 0.5) is 5.69 Å². The van der Waals surface area contributed by atoms with E-state index in [0.717, 1.165) is 17.7 Å². The number of anilines is 1. The van der Waals surface area contributed by atoms with Gasteiger partial charge in [0.25, 0.3) is 11.3 Å². The predicted octanol–water partition coefficient (Wildman–Crippen LogP) is 1.92. The van der Waals surface area contributed by atoms with E-state index in [1.165, 1.54) is 10.9 Å². The van der Waals surface area contributed by atoms with E-state index in [4.69, 9.17) is 4.52 Å². The van der Waals surface area contributed by atoms with Crippen LogP contribution in [0.5, 0.6) is 0 Å². The number of aryl methyl sites for hydroxylation is 2. The van der Waals surface area contributed by atoms with Gasteiger partial charge in [0.2, 0.25) is 5.91 Å². The Bertz CT molecular complexity index is 958. The van der Waals surface area contributed by atoms with Crippen molar-refractivity contribution in [3.05, 3.63) is 52.2 Å². The molecule has 0 bridgehead atoms. The van der Waals surface area contributed by atoms with E-state index in [2.05, 4.69) is 10.1 Å². The van der Waals surface area contributed by atoms with Crippen molar-refractivity contribution in [1.29, 1.82) is 0 Å². The topological polar surface area (TPSA) is 81.2 Å². The molecule has 24 heavy (non-hydrogen) atoms. The van der Waals surface area contributed by atoms with E-state index < -0.39 is 0 Å². The number of fused-ring (bicyclic) bond motifs is 1. The van der Waals surface area contributed by atoms with Gasteiger partial charge in [0.1, 0.15) is 18.3 Å². The van der Waals surface area contributed by atoms with E-state index >= 15 is 0 Å². The Morgan fingerprint density at radius 3 is 2.83 bits per heavy atom. The van der Waals surface area contributed by atoms with Crippen molar-refractivity contribution >= 4 is 22.7 Å². The lowest BCUT2D eigenvalue weighted by Gasteiger charge is -2.20. The first-order valence-corrected chi connectivity index (χ1v) is 7.68. The summed E-state index contributed by atoms with van der Waals surface area (Å²) in [6, 6.07) is 7.71. The zero-order valence-electron chi connectivity index (χ0n) is 13.8. The normalized spacial score (nSPS) is 11.0. The average Bonchev–Trinajstić information content (AvgIpc) is 2.98. The molecule has 0 radical (unpaired) electrons. The smallest absolute Gasteiger partial charge is 0.267 e. The molecule has 0 atom stereocenters. The molecular formula is C17H18N4O3. The minimum absolute atomic E-state index is 0.0963. The number of aromatic nitrogens is 3. The summed E-state index contributed by atoms with van der Waals surface area (Å²) in [4.78, 5) is 30.7. The van der Waals surface area contributed by atoms with Crippen LogP contribution in [0.1, 0.15) is 18.2 Å². The van der Waals surface area contributed by atoms with Crippen LogP contribution >= 0.6 is 0 Å². The Morgan fingerprint density at radius 1 is 1.33 bits per heavy atom. The fraction of sp³-hybridized carbons (Fsp3) is 0.294. The van der Waals surface area contributed by atoms with Crippen molar-refractivity contribution in [1.82, 2.24) is 14.7 Å². The summed E-state index contributed by atoms with van der Waals surface area (Å²) in [6.45, 7) is 3.61. The molecule has 0 aliphatic carbocycles. The first-order chi connectivity index (χ1) is 11.5. The van der Waals surface area contributed by atoms with Gasteiger partial charge >= 0.3 is 0 Å². The molecular weight excluding hydrogens is 308 g/mol. The maximum absolute atomic E-state index is 12.6. The van der Waals surface area contributed by atoms with Gasteiger partial charge in [0, 0.05) is 12.7 Å². The van der Waals surface area contributed by atoms with Gasteiger partial charge in [-0.1, -0.05) is 30.3 Å².